The highest BCUT2D eigenvalue weighted by Crippen LogP contribution is 2.21. The average molecular weight is 297 g/mol. The molecule has 0 unspecified atom stereocenters. The highest BCUT2D eigenvalue weighted by atomic mass is 19.1. The first-order chi connectivity index (χ1) is 10.7. The van der Waals surface area contributed by atoms with E-state index < -0.39 is 0 Å². The minimum absolute atomic E-state index is 0.142. The molecule has 3 aromatic rings. The standard InChI is InChI=1S/C17H12FNO3/c18-14-6-4-13(5-7-14)16-9-19-17(22-16)11-21-15-3-1-2-12(8-15)10-20/h1-10H,11H2. The van der Waals surface area contributed by atoms with Crippen molar-refractivity contribution in [2.45, 2.75) is 6.61 Å². The number of oxazole rings is 1. The third-order valence-corrected chi connectivity index (χ3v) is 3.04. The molecule has 110 valence electrons. The van der Waals surface area contributed by atoms with E-state index in [1.807, 2.05) is 0 Å². The van der Waals surface area contributed by atoms with Crippen molar-refractivity contribution in [3.63, 3.8) is 0 Å². The first-order valence-corrected chi connectivity index (χ1v) is 6.63. The molecule has 0 saturated carbocycles. The van der Waals surface area contributed by atoms with E-state index in [1.165, 1.54) is 12.1 Å². The smallest absolute Gasteiger partial charge is 0.232 e. The van der Waals surface area contributed by atoms with E-state index in [0.29, 0.717) is 23.0 Å². The molecular weight excluding hydrogens is 285 g/mol. The second kappa shape index (κ2) is 6.22. The van der Waals surface area contributed by atoms with E-state index in [2.05, 4.69) is 4.98 Å². The fourth-order valence-corrected chi connectivity index (χ4v) is 1.95. The van der Waals surface area contributed by atoms with Crippen molar-refractivity contribution in [2.24, 2.45) is 0 Å². The molecule has 0 atom stereocenters. The van der Waals surface area contributed by atoms with Gasteiger partial charge in [-0.25, -0.2) is 9.37 Å². The van der Waals surface area contributed by atoms with Gasteiger partial charge in [-0.05, 0) is 36.4 Å². The summed E-state index contributed by atoms with van der Waals surface area (Å²) in [6.07, 6.45) is 2.32. The quantitative estimate of drug-likeness (QED) is 0.671. The molecule has 0 amide bonds. The van der Waals surface area contributed by atoms with Crippen molar-refractivity contribution in [2.75, 3.05) is 0 Å². The van der Waals surface area contributed by atoms with Gasteiger partial charge in [0.05, 0.1) is 6.20 Å². The van der Waals surface area contributed by atoms with Gasteiger partial charge in [-0.2, -0.15) is 0 Å². The Balaban J connectivity index is 1.69. The van der Waals surface area contributed by atoms with Crippen molar-refractivity contribution < 1.29 is 18.3 Å². The summed E-state index contributed by atoms with van der Waals surface area (Å²) in [5.41, 5.74) is 1.28. The van der Waals surface area contributed by atoms with Crippen LogP contribution in [0.1, 0.15) is 16.2 Å². The lowest BCUT2D eigenvalue weighted by Crippen LogP contribution is -1.95. The summed E-state index contributed by atoms with van der Waals surface area (Å²) in [5, 5.41) is 0. The monoisotopic (exact) mass is 297 g/mol. The summed E-state index contributed by atoms with van der Waals surface area (Å²) in [4.78, 5) is 14.8. The first-order valence-electron chi connectivity index (χ1n) is 6.63. The SMILES string of the molecule is O=Cc1cccc(OCc2ncc(-c3ccc(F)cc3)o2)c1. The Morgan fingerprint density at radius 1 is 1.18 bits per heavy atom. The number of aldehydes is 1. The van der Waals surface area contributed by atoms with Crippen molar-refractivity contribution in [3.05, 3.63) is 72.0 Å². The fourth-order valence-electron chi connectivity index (χ4n) is 1.95. The van der Waals surface area contributed by atoms with Crippen LogP contribution in [0.15, 0.2) is 59.1 Å². The van der Waals surface area contributed by atoms with Gasteiger partial charge in [0.25, 0.3) is 0 Å². The highest BCUT2D eigenvalue weighted by molar-refractivity contribution is 5.75. The van der Waals surface area contributed by atoms with Crippen LogP contribution in [0.2, 0.25) is 0 Å². The maximum Gasteiger partial charge on any atom is 0.232 e. The van der Waals surface area contributed by atoms with Crippen LogP contribution in [0, 0.1) is 5.82 Å². The van der Waals surface area contributed by atoms with Gasteiger partial charge in [-0.3, -0.25) is 4.79 Å². The number of hydrogen-bond acceptors (Lipinski definition) is 4. The van der Waals surface area contributed by atoms with E-state index >= 15 is 0 Å². The molecule has 1 aromatic heterocycles. The molecule has 0 bridgehead atoms. The molecule has 22 heavy (non-hydrogen) atoms. The predicted octanol–water partition coefficient (Wildman–Crippen LogP) is 3.87. The molecule has 3 rings (SSSR count). The van der Waals surface area contributed by atoms with Gasteiger partial charge in [0.2, 0.25) is 5.89 Å². The third-order valence-electron chi connectivity index (χ3n) is 3.04. The number of carbonyl (C=O) groups is 1. The molecule has 0 aliphatic carbocycles. The van der Waals surface area contributed by atoms with Gasteiger partial charge in [0.1, 0.15) is 17.9 Å². The molecule has 0 aliphatic rings. The number of hydrogen-bond donors (Lipinski definition) is 0. The van der Waals surface area contributed by atoms with Crippen LogP contribution in [0.5, 0.6) is 5.75 Å². The number of ether oxygens (including phenoxy) is 1. The van der Waals surface area contributed by atoms with Crippen LogP contribution in [-0.2, 0) is 6.61 Å². The third kappa shape index (κ3) is 3.20. The number of nitrogens with zero attached hydrogens (tertiary/aromatic N) is 1. The lowest BCUT2D eigenvalue weighted by Gasteiger charge is -2.03. The van der Waals surface area contributed by atoms with E-state index in [9.17, 15) is 9.18 Å². The Labute approximate surface area is 126 Å². The predicted molar refractivity (Wildman–Crippen MR) is 78.1 cm³/mol. The van der Waals surface area contributed by atoms with Crippen LogP contribution in [0.25, 0.3) is 11.3 Å². The summed E-state index contributed by atoms with van der Waals surface area (Å²) in [6.45, 7) is 0.142. The van der Waals surface area contributed by atoms with Gasteiger partial charge in [0, 0.05) is 11.1 Å². The summed E-state index contributed by atoms with van der Waals surface area (Å²) >= 11 is 0. The zero-order valence-corrected chi connectivity index (χ0v) is 11.5. The molecule has 4 nitrogen and oxygen atoms in total. The number of halogens is 1. The molecular formula is C17H12FNO3. The van der Waals surface area contributed by atoms with Crippen molar-refractivity contribution >= 4 is 6.29 Å². The Morgan fingerprint density at radius 3 is 2.77 bits per heavy atom. The van der Waals surface area contributed by atoms with E-state index in [1.54, 1.807) is 42.6 Å². The minimum atomic E-state index is -0.304. The summed E-state index contributed by atoms with van der Waals surface area (Å²) in [6, 6.07) is 12.8. The number of aromatic nitrogens is 1. The lowest BCUT2D eigenvalue weighted by atomic mass is 10.2. The Kier molecular flexibility index (Phi) is 3.96. The molecule has 0 N–H and O–H groups in total. The number of benzene rings is 2. The van der Waals surface area contributed by atoms with Crippen LogP contribution >= 0.6 is 0 Å². The van der Waals surface area contributed by atoms with Crippen LogP contribution in [-0.4, -0.2) is 11.3 Å². The molecule has 0 aliphatic heterocycles. The zero-order valence-electron chi connectivity index (χ0n) is 11.5. The normalized spacial score (nSPS) is 10.4. The highest BCUT2D eigenvalue weighted by Gasteiger charge is 2.07. The maximum absolute atomic E-state index is 12.9. The van der Waals surface area contributed by atoms with E-state index in [0.717, 1.165) is 11.8 Å². The maximum atomic E-state index is 12.9. The van der Waals surface area contributed by atoms with Crippen molar-refractivity contribution in [1.82, 2.24) is 4.98 Å². The van der Waals surface area contributed by atoms with Gasteiger partial charge >= 0.3 is 0 Å². The van der Waals surface area contributed by atoms with Gasteiger partial charge in [0.15, 0.2) is 12.4 Å². The van der Waals surface area contributed by atoms with E-state index in [-0.39, 0.29) is 12.4 Å². The van der Waals surface area contributed by atoms with Crippen LogP contribution < -0.4 is 4.74 Å². The van der Waals surface area contributed by atoms with Gasteiger partial charge in [-0.15, -0.1) is 0 Å². The molecule has 0 fully saturated rings. The summed E-state index contributed by atoms with van der Waals surface area (Å²) in [7, 11) is 0. The summed E-state index contributed by atoms with van der Waals surface area (Å²) < 4.78 is 24.0. The Morgan fingerprint density at radius 2 is 2.00 bits per heavy atom. The fraction of sp³-hybridized carbons (Fsp3) is 0.0588. The molecule has 0 radical (unpaired) electrons. The molecule has 1 heterocycles. The van der Waals surface area contributed by atoms with Gasteiger partial charge < -0.3 is 9.15 Å². The second-order valence-corrected chi connectivity index (χ2v) is 4.60. The average Bonchev–Trinajstić information content (AvgIpc) is 3.03. The molecule has 0 spiro atoms. The molecule has 2 aromatic carbocycles. The van der Waals surface area contributed by atoms with Crippen molar-refractivity contribution in [1.29, 1.82) is 0 Å². The topological polar surface area (TPSA) is 52.3 Å². The van der Waals surface area contributed by atoms with Crippen LogP contribution in [0.3, 0.4) is 0 Å². The number of rotatable bonds is 5. The molecule has 0 saturated heterocycles. The minimum Gasteiger partial charge on any atom is -0.484 e. The first kappa shape index (κ1) is 14.0. The zero-order chi connectivity index (χ0) is 15.4. The molecule has 5 heteroatoms. The number of carbonyl (C=O) groups excluding carboxylic acids is 1. The Bertz CT molecular complexity index is 781. The lowest BCUT2D eigenvalue weighted by molar-refractivity contribution is 0.112. The second-order valence-electron chi connectivity index (χ2n) is 4.60. The van der Waals surface area contributed by atoms with E-state index in [4.69, 9.17) is 9.15 Å². The van der Waals surface area contributed by atoms with Gasteiger partial charge in [-0.1, -0.05) is 12.1 Å². The van der Waals surface area contributed by atoms with Crippen molar-refractivity contribution in [3.8, 4) is 17.1 Å². The Hall–Kier alpha value is -2.95. The largest absolute Gasteiger partial charge is 0.484 e. The summed E-state index contributed by atoms with van der Waals surface area (Å²) in [5.74, 6) is 1.20. The van der Waals surface area contributed by atoms with Crippen LogP contribution in [0.4, 0.5) is 4.39 Å².